The third-order valence-electron chi connectivity index (χ3n) is 9.57. The summed E-state index contributed by atoms with van der Waals surface area (Å²) in [5, 5.41) is 2.91. The first-order valence-electron chi connectivity index (χ1n) is 17.5. The first-order valence-corrected chi connectivity index (χ1v) is 24.8. The number of furan rings is 2. The van der Waals surface area contributed by atoms with Gasteiger partial charge in [0.2, 0.25) is 0 Å². The topological polar surface area (TPSA) is 69.9 Å². The molecule has 54 heavy (non-hydrogen) atoms. The number of hydrogen-bond acceptors (Lipinski definition) is 5. The first kappa shape index (κ1) is 35.6. The molecule has 0 spiro atoms. The molecule has 5 heterocycles. The Hall–Kier alpha value is -5.41. The van der Waals surface area contributed by atoms with E-state index in [4.69, 9.17) is 13.8 Å². The van der Waals surface area contributed by atoms with Crippen LogP contribution in [0.25, 0.3) is 83.4 Å². The number of aromatic nitrogens is 4. The molecule has 0 amide bonds. The number of rotatable bonds is 4. The zero-order valence-corrected chi connectivity index (χ0v) is 34.4. The van der Waals surface area contributed by atoms with Crippen LogP contribution >= 0.6 is 0 Å². The summed E-state index contributed by atoms with van der Waals surface area (Å²) in [6.07, 6.45) is 3.25. The molecular formula is C45H33FGeIrN4O2-2. The molecule has 0 aliphatic rings. The van der Waals surface area contributed by atoms with Gasteiger partial charge in [0.05, 0.1) is 39.8 Å². The molecule has 0 aliphatic heterocycles. The van der Waals surface area contributed by atoms with E-state index in [1.165, 1.54) is 16.7 Å². The number of hydrogen-bond donors (Lipinski definition) is 0. The van der Waals surface area contributed by atoms with E-state index >= 15 is 0 Å². The standard InChI is InChI=1S/C31H17FN3O2.C14H16GeN.Ir/c1-17-13-14-21(30-27(17)28-26(37-30)15-18(32)16-33-28)31-34-22-9-3-4-10-23(22)35(31)24-11-6-8-20-19-7-2-5-12-25(19)36-29(20)24;1-15(2,3)13-9-10-14(16-11-13)12-7-5-4-6-8-12;/h2-13,15-16H,1H3;4-7,9-11H,1-3H3;/q2*-1;. The summed E-state index contributed by atoms with van der Waals surface area (Å²) in [5.41, 5.74) is 9.47. The van der Waals surface area contributed by atoms with E-state index in [2.05, 4.69) is 68.2 Å². The molecule has 1 radical (unpaired) electrons. The van der Waals surface area contributed by atoms with Gasteiger partial charge in [-0.25, -0.2) is 4.39 Å². The number of nitrogens with zero attached hydrogens (tertiary/aromatic N) is 4. The summed E-state index contributed by atoms with van der Waals surface area (Å²) < 4.78 is 30.1. The Morgan fingerprint density at radius 3 is 2.31 bits per heavy atom. The molecule has 0 saturated carbocycles. The number of aryl methyl sites for hydroxylation is 1. The van der Waals surface area contributed by atoms with E-state index in [1.54, 1.807) is 0 Å². The molecule has 0 atom stereocenters. The SMILES string of the molecule is Cc1c[c-]c(-c2nc3ccccc3n2-c2cccc3c2oc2ccccc23)c2oc3cc(F)cnc3c12.[CH3][Ge]([CH3])([CH3])[c]1ccc(-c2[c-]cccc2)nc1.[Ir]. The van der Waals surface area contributed by atoms with Gasteiger partial charge in [-0.3, -0.25) is 9.97 Å². The van der Waals surface area contributed by atoms with Gasteiger partial charge >= 0.3 is 99.8 Å². The van der Waals surface area contributed by atoms with Gasteiger partial charge in [0.25, 0.3) is 0 Å². The van der Waals surface area contributed by atoms with E-state index in [0.717, 1.165) is 60.9 Å². The summed E-state index contributed by atoms with van der Waals surface area (Å²) in [6, 6.07) is 44.3. The maximum Gasteiger partial charge on any atom is 0 e. The normalized spacial score (nSPS) is 11.6. The van der Waals surface area contributed by atoms with E-state index in [-0.39, 0.29) is 20.1 Å². The van der Waals surface area contributed by atoms with E-state index < -0.39 is 19.1 Å². The number of pyridine rings is 2. The fourth-order valence-corrected chi connectivity index (χ4v) is 9.05. The molecule has 6 nitrogen and oxygen atoms in total. The summed E-state index contributed by atoms with van der Waals surface area (Å²) in [5.74, 6) is 7.35. The third-order valence-corrected chi connectivity index (χ3v) is 13.8. The number of fused-ring (bicyclic) bond motifs is 7. The van der Waals surface area contributed by atoms with Crippen molar-refractivity contribution in [3.05, 3.63) is 151 Å². The second-order valence-corrected chi connectivity index (χ2v) is 24.8. The molecule has 10 rings (SSSR count). The van der Waals surface area contributed by atoms with Crippen LogP contribution in [-0.4, -0.2) is 32.8 Å². The Kier molecular flexibility index (Phi) is 9.30. The van der Waals surface area contributed by atoms with Gasteiger partial charge in [0, 0.05) is 36.9 Å². The van der Waals surface area contributed by atoms with Crippen LogP contribution in [0.1, 0.15) is 5.56 Å². The van der Waals surface area contributed by atoms with E-state index in [1.807, 2.05) is 98.0 Å². The minimum atomic E-state index is -1.72. The van der Waals surface area contributed by atoms with Gasteiger partial charge in [0.1, 0.15) is 17.0 Å². The van der Waals surface area contributed by atoms with Crippen molar-refractivity contribution in [2.75, 3.05) is 0 Å². The van der Waals surface area contributed by atoms with Crippen molar-refractivity contribution < 1.29 is 33.3 Å². The van der Waals surface area contributed by atoms with Crippen LogP contribution in [0.15, 0.2) is 136 Å². The Labute approximate surface area is 327 Å². The minimum Gasteiger partial charge on any atom is 0 e. The summed E-state index contributed by atoms with van der Waals surface area (Å²) in [6.45, 7) is 1.97. The van der Waals surface area contributed by atoms with Crippen molar-refractivity contribution >= 4 is 72.7 Å². The number of halogens is 1. The average Bonchev–Trinajstić information content (AvgIpc) is 3.87. The third kappa shape index (κ3) is 6.24. The van der Waals surface area contributed by atoms with Crippen molar-refractivity contribution in [3.8, 4) is 28.3 Å². The maximum atomic E-state index is 14.0. The van der Waals surface area contributed by atoms with Gasteiger partial charge in [-0.1, -0.05) is 55.0 Å². The summed E-state index contributed by atoms with van der Waals surface area (Å²) in [4.78, 5) is 13.9. The van der Waals surface area contributed by atoms with Gasteiger partial charge in [-0.05, 0) is 29.7 Å². The Bertz CT molecular complexity index is 2960. The van der Waals surface area contributed by atoms with Gasteiger partial charge in [-0.2, -0.15) is 0 Å². The van der Waals surface area contributed by atoms with Crippen molar-refractivity contribution in [3.63, 3.8) is 0 Å². The zero-order chi connectivity index (χ0) is 36.3. The smallest absolute Gasteiger partial charge is 0 e. The molecule has 0 bridgehead atoms. The Morgan fingerprint density at radius 2 is 1.52 bits per heavy atom. The van der Waals surface area contributed by atoms with Crippen LogP contribution in [-0.2, 0) is 20.1 Å². The number of benzene rings is 5. The monoisotopic (exact) mass is 947 g/mol. The fourth-order valence-electron chi connectivity index (χ4n) is 6.88. The van der Waals surface area contributed by atoms with Crippen LogP contribution in [0.2, 0.25) is 17.3 Å². The van der Waals surface area contributed by atoms with Gasteiger partial charge in [-0.15, -0.1) is 17.7 Å². The second-order valence-electron chi connectivity index (χ2n) is 14.1. The van der Waals surface area contributed by atoms with Crippen LogP contribution in [0.3, 0.4) is 0 Å². The molecule has 0 unspecified atom stereocenters. The Balaban J connectivity index is 0.000000206. The number of imidazole rings is 1. The summed E-state index contributed by atoms with van der Waals surface area (Å²) in [7, 11) is 0. The second kappa shape index (κ2) is 14.1. The van der Waals surface area contributed by atoms with E-state index in [0.29, 0.717) is 28.1 Å². The molecule has 0 saturated heterocycles. The van der Waals surface area contributed by atoms with E-state index in [9.17, 15) is 4.39 Å². The molecule has 5 aromatic heterocycles. The molecule has 0 fully saturated rings. The molecule has 10 aromatic rings. The quantitative estimate of drug-likeness (QED) is 0.130. The maximum absolute atomic E-state index is 14.0. The van der Waals surface area contributed by atoms with Crippen LogP contribution in [0, 0.1) is 24.9 Å². The van der Waals surface area contributed by atoms with Crippen LogP contribution in [0.5, 0.6) is 0 Å². The average molecular weight is 946 g/mol. The first-order chi connectivity index (χ1) is 25.7. The molecule has 267 valence electrons. The van der Waals surface area contributed by atoms with Crippen molar-refractivity contribution in [1.29, 1.82) is 0 Å². The van der Waals surface area contributed by atoms with Gasteiger partial charge in [0.15, 0.2) is 5.58 Å². The summed E-state index contributed by atoms with van der Waals surface area (Å²) >= 11 is -1.72. The predicted octanol–water partition coefficient (Wildman–Crippen LogP) is 11.2. The van der Waals surface area contributed by atoms with Crippen molar-refractivity contribution in [1.82, 2.24) is 19.5 Å². The van der Waals surface area contributed by atoms with Crippen LogP contribution in [0.4, 0.5) is 4.39 Å². The molecule has 0 N–H and O–H groups in total. The Morgan fingerprint density at radius 1 is 0.741 bits per heavy atom. The van der Waals surface area contributed by atoms with Crippen molar-refractivity contribution in [2.24, 2.45) is 0 Å². The molecule has 5 aromatic carbocycles. The zero-order valence-electron chi connectivity index (χ0n) is 29.9. The van der Waals surface area contributed by atoms with Crippen LogP contribution < -0.4 is 4.40 Å². The largest absolute Gasteiger partial charge is 0 e. The van der Waals surface area contributed by atoms with Crippen molar-refractivity contribution in [2.45, 2.75) is 24.2 Å². The predicted molar refractivity (Wildman–Crippen MR) is 214 cm³/mol. The fraction of sp³-hybridized carbons (Fsp3) is 0.0889. The molecule has 0 aliphatic carbocycles. The molecular weight excluding hydrogens is 912 g/mol. The minimum absolute atomic E-state index is 0. The number of para-hydroxylation sites is 4. The molecule has 9 heteroatoms. The van der Waals surface area contributed by atoms with Gasteiger partial charge < -0.3 is 13.4 Å².